The van der Waals surface area contributed by atoms with Crippen molar-refractivity contribution < 1.29 is 4.74 Å². The van der Waals surface area contributed by atoms with E-state index >= 15 is 0 Å². The first-order valence-electron chi connectivity index (χ1n) is 6.83. The first-order chi connectivity index (χ1) is 9.34. The lowest BCUT2D eigenvalue weighted by atomic mass is 10.1. The molecule has 1 unspecified atom stereocenters. The van der Waals surface area contributed by atoms with Crippen molar-refractivity contribution in [1.29, 1.82) is 0 Å². The third-order valence-corrected chi connectivity index (χ3v) is 3.61. The maximum atomic E-state index is 5.94. The average Bonchev–Trinajstić information content (AvgIpc) is 2.95. The van der Waals surface area contributed by atoms with Crippen LogP contribution in [-0.2, 0) is 4.74 Å². The first-order valence-corrected chi connectivity index (χ1v) is 6.83. The Morgan fingerprint density at radius 1 is 1.37 bits per heavy atom. The van der Waals surface area contributed by atoms with E-state index in [1.165, 1.54) is 12.8 Å². The second kappa shape index (κ2) is 5.45. The summed E-state index contributed by atoms with van der Waals surface area (Å²) in [6, 6.07) is 7.92. The Hall–Kier alpha value is -1.81. The quantitative estimate of drug-likeness (QED) is 0.827. The van der Waals surface area contributed by atoms with Gasteiger partial charge in [0.1, 0.15) is 0 Å². The monoisotopic (exact) mass is 257 g/mol. The Bertz CT molecular complexity index is 564. The smallest absolute Gasteiger partial charge is 0.0951 e. The molecule has 0 amide bonds. The van der Waals surface area contributed by atoms with Crippen LogP contribution in [0.1, 0.15) is 19.3 Å². The van der Waals surface area contributed by atoms with Gasteiger partial charge in [0.25, 0.3) is 0 Å². The fraction of sp³-hybridized carbons (Fsp3) is 0.400. The Morgan fingerprint density at radius 2 is 2.32 bits per heavy atom. The number of nitrogen functional groups attached to an aromatic ring is 1. The van der Waals surface area contributed by atoms with E-state index in [0.717, 1.165) is 41.9 Å². The number of fused-ring (bicyclic) bond motifs is 1. The van der Waals surface area contributed by atoms with E-state index in [2.05, 4.69) is 10.3 Å². The minimum absolute atomic E-state index is 0.422. The number of anilines is 2. The normalized spacial score (nSPS) is 18.8. The summed E-state index contributed by atoms with van der Waals surface area (Å²) in [5.74, 6) is 0. The number of benzene rings is 1. The Labute approximate surface area is 113 Å². The molecule has 0 bridgehead atoms. The fourth-order valence-electron chi connectivity index (χ4n) is 2.59. The highest BCUT2D eigenvalue weighted by Crippen LogP contribution is 2.26. The van der Waals surface area contributed by atoms with Gasteiger partial charge in [-0.25, -0.2) is 0 Å². The lowest BCUT2D eigenvalue weighted by molar-refractivity contribution is 0.107. The molecule has 3 N–H and O–H groups in total. The van der Waals surface area contributed by atoms with Gasteiger partial charge in [-0.2, -0.15) is 0 Å². The molecular weight excluding hydrogens is 238 g/mol. The van der Waals surface area contributed by atoms with Crippen molar-refractivity contribution in [3.8, 4) is 0 Å². The van der Waals surface area contributed by atoms with Gasteiger partial charge in [-0.05, 0) is 43.5 Å². The minimum atomic E-state index is 0.422. The van der Waals surface area contributed by atoms with Crippen molar-refractivity contribution in [2.45, 2.75) is 25.4 Å². The van der Waals surface area contributed by atoms with Crippen molar-refractivity contribution in [3.05, 3.63) is 30.5 Å². The van der Waals surface area contributed by atoms with Gasteiger partial charge in [0.2, 0.25) is 0 Å². The molecule has 4 heteroatoms. The summed E-state index contributed by atoms with van der Waals surface area (Å²) in [6.45, 7) is 1.83. The van der Waals surface area contributed by atoms with Crippen molar-refractivity contribution >= 4 is 22.3 Å². The van der Waals surface area contributed by atoms with E-state index in [4.69, 9.17) is 10.5 Å². The number of aromatic nitrogens is 1. The van der Waals surface area contributed by atoms with Gasteiger partial charge in [0, 0.05) is 30.4 Å². The Morgan fingerprint density at radius 3 is 3.16 bits per heavy atom. The summed E-state index contributed by atoms with van der Waals surface area (Å²) in [6.07, 6.45) is 5.62. The van der Waals surface area contributed by atoms with E-state index < -0.39 is 0 Å². The highest BCUT2D eigenvalue weighted by molar-refractivity contribution is 5.98. The zero-order chi connectivity index (χ0) is 13.1. The number of rotatable bonds is 4. The molecule has 0 aliphatic carbocycles. The largest absolute Gasteiger partial charge is 0.397 e. The lowest BCUT2D eigenvalue weighted by Crippen LogP contribution is -2.12. The summed E-state index contributed by atoms with van der Waals surface area (Å²) in [7, 11) is 0. The molecule has 0 spiro atoms. The number of ether oxygens (including phenoxy) is 1. The van der Waals surface area contributed by atoms with Gasteiger partial charge in [0.05, 0.1) is 17.3 Å². The van der Waals surface area contributed by atoms with Gasteiger partial charge in [0.15, 0.2) is 0 Å². The molecule has 2 heterocycles. The maximum Gasteiger partial charge on any atom is 0.0951 e. The summed E-state index contributed by atoms with van der Waals surface area (Å²) >= 11 is 0. The summed E-state index contributed by atoms with van der Waals surface area (Å²) in [4.78, 5) is 4.34. The SMILES string of the molecule is Nc1ccc(NCCC2CCCO2)c2cccnc12. The van der Waals surface area contributed by atoms with E-state index in [0.29, 0.717) is 6.10 Å². The van der Waals surface area contributed by atoms with Gasteiger partial charge in [-0.1, -0.05) is 0 Å². The average molecular weight is 257 g/mol. The van der Waals surface area contributed by atoms with E-state index in [9.17, 15) is 0 Å². The molecule has 4 nitrogen and oxygen atoms in total. The van der Waals surface area contributed by atoms with E-state index in [1.807, 2.05) is 24.3 Å². The van der Waals surface area contributed by atoms with Crippen LogP contribution in [0.15, 0.2) is 30.5 Å². The molecule has 0 saturated carbocycles. The molecule has 1 atom stereocenters. The third-order valence-electron chi connectivity index (χ3n) is 3.61. The van der Waals surface area contributed by atoms with Crippen LogP contribution >= 0.6 is 0 Å². The maximum absolute atomic E-state index is 5.94. The number of pyridine rings is 1. The fourth-order valence-corrected chi connectivity index (χ4v) is 2.59. The molecule has 1 fully saturated rings. The van der Waals surface area contributed by atoms with Crippen LogP contribution in [0.25, 0.3) is 10.9 Å². The standard InChI is InChI=1S/C15H19N3O/c16-13-5-6-14(12-4-1-8-18-15(12)13)17-9-7-11-3-2-10-19-11/h1,4-6,8,11,17H,2-3,7,9-10,16H2. The molecule has 1 aliphatic heterocycles. The third kappa shape index (κ3) is 2.63. The van der Waals surface area contributed by atoms with Crippen molar-refractivity contribution in [2.75, 3.05) is 24.2 Å². The predicted octanol–water partition coefficient (Wildman–Crippen LogP) is 2.80. The van der Waals surface area contributed by atoms with Gasteiger partial charge in [-0.3, -0.25) is 4.98 Å². The van der Waals surface area contributed by atoms with Crippen LogP contribution in [0.4, 0.5) is 11.4 Å². The van der Waals surface area contributed by atoms with Crippen LogP contribution in [0.3, 0.4) is 0 Å². The first kappa shape index (κ1) is 12.2. The summed E-state index contributed by atoms with van der Waals surface area (Å²) in [5.41, 5.74) is 8.62. The van der Waals surface area contributed by atoms with E-state index in [1.54, 1.807) is 6.20 Å². The highest BCUT2D eigenvalue weighted by atomic mass is 16.5. The number of hydrogen-bond donors (Lipinski definition) is 2. The minimum Gasteiger partial charge on any atom is -0.397 e. The van der Waals surface area contributed by atoms with Gasteiger partial charge < -0.3 is 15.8 Å². The molecule has 1 saturated heterocycles. The molecule has 1 aromatic carbocycles. The molecule has 19 heavy (non-hydrogen) atoms. The lowest BCUT2D eigenvalue weighted by Gasteiger charge is -2.13. The molecule has 100 valence electrons. The Kier molecular flexibility index (Phi) is 3.51. The zero-order valence-corrected chi connectivity index (χ0v) is 10.9. The number of nitrogens with zero attached hydrogens (tertiary/aromatic N) is 1. The van der Waals surface area contributed by atoms with Crippen molar-refractivity contribution in [3.63, 3.8) is 0 Å². The predicted molar refractivity (Wildman–Crippen MR) is 78.2 cm³/mol. The number of nitrogens with one attached hydrogen (secondary N) is 1. The Balaban J connectivity index is 1.72. The van der Waals surface area contributed by atoms with Crippen molar-refractivity contribution in [2.24, 2.45) is 0 Å². The zero-order valence-electron chi connectivity index (χ0n) is 10.9. The summed E-state index contributed by atoms with van der Waals surface area (Å²) in [5, 5.41) is 4.54. The molecule has 3 rings (SSSR count). The molecular formula is C15H19N3O. The molecule has 0 radical (unpaired) electrons. The van der Waals surface area contributed by atoms with Crippen LogP contribution in [0.5, 0.6) is 0 Å². The number of hydrogen-bond acceptors (Lipinski definition) is 4. The van der Waals surface area contributed by atoms with Crippen molar-refractivity contribution in [1.82, 2.24) is 4.98 Å². The second-order valence-electron chi connectivity index (χ2n) is 4.95. The topological polar surface area (TPSA) is 60.2 Å². The molecule has 2 aromatic rings. The van der Waals surface area contributed by atoms with Gasteiger partial charge >= 0.3 is 0 Å². The van der Waals surface area contributed by atoms with Crippen LogP contribution in [-0.4, -0.2) is 24.2 Å². The van der Waals surface area contributed by atoms with Gasteiger partial charge in [-0.15, -0.1) is 0 Å². The summed E-state index contributed by atoms with van der Waals surface area (Å²) < 4.78 is 5.63. The molecule has 1 aromatic heterocycles. The van der Waals surface area contributed by atoms with E-state index in [-0.39, 0.29) is 0 Å². The molecule has 1 aliphatic rings. The highest BCUT2D eigenvalue weighted by Gasteiger charge is 2.14. The van der Waals surface area contributed by atoms with Crippen LogP contribution in [0.2, 0.25) is 0 Å². The van der Waals surface area contributed by atoms with Crippen LogP contribution < -0.4 is 11.1 Å². The second-order valence-corrected chi connectivity index (χ2v) is 4.95. The van der Waals surface area contributed by atoms with Crippen LogP contribution in [0, 0.1) is 0 Å². The number of nitrogens with two attached hydrogens (primary N) is 1.